The molecule has 3 unspecified atom stereocenters. The number of hydrogen-bond donors (Lipinski definition) is 3. The molecule has 5 heteroatoms. The van der Waals surface area contributed by atoms with Crippen LogP contribution in [0.3, 0.4) is 0 Å². The van der Waals surface area contributed by atoms with Crippen molar-refractivity contribution in [2.45, 2.75) is 37.9 Å². The van der Waals surface area contributed by atoms with Crippen molar-refractivity contribution in [3.63, 3.8) is 0 Å². The molecule has 0 aromatic heterocycles. The largest absolute Gasteiger partial charge is 0.389 e. The van der Waals surface area contributed by atoms with Gasteiger partial charge in [-0.2, -0.15) is 0 Å². The lowest BCUT2D eigenvalue weighted by Crippen LogP contribution is -2.48. The van der Waals surface area contributed by atoms with E-state index in [0.717, 1.165) is 11.6 Å². The molecule has 0 aliphatic carbocycles. The number of benzene rings is 1. The number of rotatable bonds is 7. The van der Waals surface area contributed by atoms with Gasteiger partial charge in [0.2, 0.25) is 0 Å². The molecule has 3 atom stereocenters. The number of hydrogen-bond acceptors (Lipinski definition) is 4. The van der Waals surface area contributed by atoms with Gasteiger partial charge in [-0.1, -0.05) is 37.6 Å². The van der Waals surface area contributed by atoms with E-state index in [2.05, 4.69) is 19.2 Å². The molecule has 1 aliphatic rings. The number of ether oxygens (including phenoxy) is 1. The van der Waals surface area contributed by atoms with Crippen molar-refractivity contribution in [3.05, 3.63) is 34.9 Å². The summed E-state index contributed by atoms with van der Waals surface area (Å²) in [4.78, 5) is 0. The predicted molar refractivity (Wildman–Crippen MR) is 88.3 cm³/mol. The summed E-state index contributed by atoms with van der Waals surface area (Å²) >= 11 is 5.94. The van der Waals surface area contributed by atoms with Gasteiger partial charge < -0.3 is 20.3 Å². The van der Waals surface area contributed by atoms with Crippen LogP contribution in [0.1, 0.15) is 31.7 Å². The Morgan fingerprint density at radius 2 is 1.95 bits per heavy atom. The molecule has 1 aromatic rings. The van der Waals surface area contributed by atoms with Crippen LogP contribution in [0.4, 0.5) is 0 Å². The van der Waals surface area contributed by atoms with E-state index in [-0.39, 0.29) is 6.61 Å². The number of nitrogens with one attached hydrogen (secondary N) is 1. The van der Waals surface area contributed by atoms with E-state index in [1.54, 1.807) is 0 Å². The number of halogens is 1. The van der Waals surface area contributed by atoms with Crippen LogP contribution >= 0.6 is 11.6 Å². The summed E-state index contributed by atoms with van der Waals surface area (Å²) in [6.45, 7) is 6.17. The molecule has 3 N–H and O–H groups in total. The standard InChI is InChI=1S/C17H26ClNO3/c1-12(2)15(13-3-5-14(18)6-4-13)9-19-10-16(20)17(21)7-8-22-11-17/h3-6,12,15-16,19-21H,7-11H2,1-2H3. The lowest BCUT2D eigenvalue weighted by molar-refractivity contribution is -0.0748. The highest BCUT2D eigenvalue weighted by molar-refractivity contribution is 6.30. The smallest absolute Gasteiger partial charge is 0.117 e. The molecule has 4 nitrogen and oxygen atoms in total. The Morgan fingerprint density at radius 1 is 1.27 bits per heavy atom. The zero-order valence-electron chi connectivity index (χ0n) is 13.3. The first-order valence-corrected chi connectivity index (χ1v) is 8.24. The van der Waals surface area contributed by atoms with E-state index in [9.17, 15) is 10.2 Å². The third-order valence-electron chi connectivity index (χ3n) is 4.46. The fourth-order valence-corrected chi connectivity index (χ4v) is 2.97. The molecule has 1 heterocycles. The summed E-state index contributed by atoms with van der Waals surface area (Å²) in [7, 11) is 0. The van der Waals surface area contributed by atoms with Crippen LogP contribution in [0, 0.1) is 5.92 Å². The summed E-state index contributed by atoms with van der Waals surface area (Å²) in [6.07, 6.45) is -0.325. The van der Waals surface area contributed by atoms with Gasteiger partial charge in [0.25, 0.3) is 0 Å². The maximum atomic E-state index is 10.3. The number of aliphatic hydroxyl groups excluding tert-OH is 1. The van der Waals surface area contributed by atoms with Gasteiger partial charge in [-0.3, -0.25) is 0 Å². The maximum Gasteiger partial charge on any atom is 0.117 e. The van der Waals surface area contributed by atoms with Crippen LogP contribution < -0.4 is 5.32 Å². The Balaban J connectivity index is 1.88. The quantitative estimate of drug-likeness (QED) is 0.718. The second-order valence-electron chi connectivity index (χ2n) is 6.48. The molecular weight excluding hydrogens is 302 g/mol. The molecule has 0 amide bonds. The van der Waals surface area contributed by atoms with Gasteiger partial charge in [0.05, 0.1) is 12.7 Å². The molecule has 22 heavy (non-hydrogen) atoms. The highest BCUT2D eigenvalue weighted by Gasteiger charge is 2.39. The Hall–Kier alpha value is -0.650. The zero-order chi connectivity index (χ0) is 16.2. The van der Waals surface area contributed by atoms with Crippen molar-refractivity contribution in [1.82, 2.24) is 5.32 Å². The van der Waals surface area contributed by atoms with Gasteiger partial charge >= 0.3 is 0 Å². The second-order valence-corrected chi connectivity index (χ2v) is 6.92. The second kappa shape index (κ2) is 7.75. The van der Waals surface area contributed by atoms with E-state index >= 15 is 0 Å². The average molecular weight is 328 g/mol. The van der Waals surface area contributed by atoms with Gasteiger partial charge in [0.15, 0.2) is 0 Å². The molecule has 1 saturated heterocycles. The summed E-state index contributed by atoms with van der Waals surface area (Å²) < 4.78 is 5.18. The minimum Gasteiger partial charge on any atom is -0.389 e. The van der Waals surface area contributed by atoms with Crippen molar-refractivity contribution in [2.75, 3.05) is 26.3 Å². The Bertz CT molecular complexity index is 457. The highest BCUT2D eigenvalue weighted by Crippen LogP contribution is 2.26. The van der Waals surface area contributed by atoms with Crippen molar-refractivity contribution in [1.29, 1.82) is 0 Å². The third-order valence-corrected chi connectivity index (χ3v) is 4.71. The van der Waals surface area contributed by atoms with Gasteiger partial charge in [0.1, 0.15) is 5.60 Å². The molecule has 0 radical (unpaired) electrons. The van der Waals surface area contributed by atoms with Crippen LogP contribution in [0.15, 0.2) is 24.3 Å². The molecule has 1 aromatic carbocycles. The zero-order valence-corrected chi connectivity index (χ0v) is 14.0. The van der Waals surface area contributed by atoms with Crippen LogP contribution in [-0.4, -0.2) is 48.2 Å². The van der Waals surface area contributed by atoms with Crippen LogP contribution in [0.5, 0.6) is 0 Å². The molecule has 0 bridgehead atoms. The lowest BCUT2D eigenvalue weighted by atomic mass is 9.88. The molecule has 0 spiro atoms. The van der Waals surface area contributed by atoms with Gasteiger partial charge in [0, 0.05) is 31.1 Å². The average Bonchev–Trinajstić information content (AvgIpc) is 2.92. The molecular formula is C17H26ClNO3. The Kier molecular flexibility index (Phi) is 6.24. The van der Waals surface area contributed by atoms with E-state index in [1.807, 2.05) is 24.3 Å². The van der Waals surface area contributed by atoms with E-state index in [0.29, 0.717) is 31.4 Å². The van der Waals surface area contributed by atoms with Gasteiger partial charge in [-0.05, 0) is 29.5 Å². The highest BCUT2D eigenvalue weighted by atomic mass is 35.5. The first kappa shape index (κ1) is 17.7. The summed E-state index contributed by atoms with van der Waals surface area (Å²) in [5.41, 5.74) is 0.116. The topological polar surface area (TPSA) is 61.7 Å². The fraction of sp³-hybridized carbons (Fsp3) is 0.647. The van der Waals surface area contributed by atoms with E-state index in [1.165, 1.54) is 5.56 Å². The minimum absolute atomic E-state index is 0.209. The molecule has 1 aliphatic heterocycles. The van der Waals surface area contributed by atoms with Gasteiger partial charge in [-0.25, -0.2) is 0 Å². The molecule has 124 valence electrons. The molecule has 0 saturated carbocycles. The number of aliphatic hydroxyl groups is 2. The van der Waals surface area contributed by atoms with Crippen LogP contribution in [0.25, 0.3) is 0 Å². The summed E-state index contributed by atoms with van der Waals surface area (Å²) in [6, 6.07) is 7.90. The predicted octanol–water partition coefficient (Wildman–Crippen LogP) is 2.18. The monoisotopic (exact) mass is 327 g/mol. The van der Waals surface area contributed by atoms with Crippen molar-refractivity contribution in [2.24, 2.45) is 5.92 Å². The minimum atomic E-state index is -1.11. The maximum absolute atomic E-state index is 10.3. The summed E-state index contributed by atoms with van der Waals surface area (Å²) in [5, 5.41) is 24.4. The van der Waals surface area contributed by atoms with E-state index < -0.39 is 11.7 Å². The van der Waals surface area contributed by atoms with Crippen LogP contribution in [-0.2, 0) is 4.74 Å². The Morgan fingerprint density at radius 3 is 2.50 bits per heavy atom. The third kappa shape index (κ3) is 4.43. The van der Waals surface area contributed by atoms with Crippen LogP contribution in [0.2, 0.25) is 5.02 Å². The van der Waals surface area contributed by atoms with Gasteiger partial charge in [-0.15, -0.1) is 0 Å². The van der Waals surface area contributed by atoms with Crippen molar-refractivity contribution >= 4 is 11.6 Å². The first-order valence-electron chi connectivity index (χ1n) is 7.87. The normalized spacial score (nSPS) is 24.6. The van der Waals surface area contributed by atoms with E-state index in [4.69, 9.17) is 16.3 Å². The first-order chi connectivity index (χ1) is 10.4. The lowest BCUT2D eigenvalue weighted by Gasteiger charge is -2.28. The molecule has 2 rings (SSSR count). The molecule has 1 fully saturated rings. The fourth-order valence-electron chi connectivity index (χ4n) is 2.85. The summed E-state index contributed by atoms with van der Waals surface area (Å²) in [5.74, 6) is 0.794. The Labute approximate surface area is 137 Å². The van der Waals surface area contributed by atoms with Crippen molar-refractivity contribution in [3.8, 4) is 0 Å². The van der Waals surface area contributed by atoms with Crippen molar-refractivity contribution < 1.29 is 14.9 Å². The SMILES string of the molecule is CC(C)C(CNCC(O)C1(O)CCOC1)c1ccc(Cl)cc1.